The van der Waals surface area contributed by atoms with Gasteiger partial charge in [0, 0.05) is 82.3 Å². The molecule has 0 amide bonds. The number of nitrogens with zero attached hydrogens (tertiary/aromatic N) is 5. The van der Waals surface area contributed by atoms with Crippen molar-refractivity contribution in [3.63, 3.8) is 0 Å². The Kier molecular flexibility index (Phi) is 14.5. The summed E-state index contributed by atoms with van der Waals surface area (Å²) in [6, 6.07) is 148. The van der Waals surface area contributed by atoms with Crippen LogP contribution in [0.2, 0.25) is 0 Å². The molecule has 5 nitrogen and oxygen atoms in total. The van der Waals surface area contributed by atoms with Crippen molar-refractivity contribution in [2.45, 2.75) is 0 Å². The second kappa shape index (κ2) is 25.3. The second-order valence-corrected chi connectivity index (χ2v) is 28.0. The maximum atomic E-state index is 2.43. The molecule has 0 bridgehead atoms. The van der Waals surface area contributed by atoms with Crippen molar-refractivity contribution in [1.29, 1.82) is 0 Å². The molecule has 22 aromatic rings. The minimum Gasteiger partial charge on any atom is -0.309 e. The molecular weight excluding hydrogens is 1300 g/mol. The summed E-state index contributed by atoms with van der Waals surface area (Å²) in [5.41, 5.74) is 30.0. The van der Waals surface area contributed by atoms with Gasteiger partial charge in [-0.05, 0) is 201 Å². The largest absolute Gasteiger partial charge is 0.309 e. The van der Waals surface area contributed by atoms with Gasteiger partial charge in [-0.25, -0.2) is 0 Å². The number of fused-ring (bicyclic) bond motifs is 15. The van der Waals surface area contributed by atoms with Crippen LogP contribution in [0.5, 0.6) is 0 Å². The monoisotopic (exact) mass is 1360 g/mol. The fraction of sp³-hybridized carbons (Fsp3) is 0. The highest BCUT2D eigenvalue weighted by molar-refractivity contribution is 6.16. The van der Waals surface area contributed by atoms with Gasteiger partial charge in [0.1, 0.15) is 0 Å². The van der Waals surface area contributed by atoms with Crippen LogP contribution in [0, 0.1) is 0 Å². The Hall–Kier alpha value is -14.3. The van der Waals surface area contributed by atoms with E-state index in [9.17, 15) is 0 Å². The highest BCUT2D eigenvalue weighted by Crippen LogP contribution is 2.43. The van der Waals surface area contributed by atoms with E-state index in [1.807, 2.05) is 0 Å². The van der Waals surface area contributed by atoms with Crippen LogP contribution in [-0.4, -0.2) is 22.8 Å². The summed E-state index contributed by atoms with van der Waals surface area (Å²) in [6.07, 6.45) is 0. The smallest absolute Gasteiger partial charge is 0.0542 e. The summed E-state index contributed by atoms with van der Waals surface area (Å²) in [6.45, 7) is 0. The zero-order chi connectivity index (χ0) is 70.5. The topological polar surface area (TPSA) is 24.6 Å². The molecule has 0 aliphatic carbocycles. The van der Waals surface area contributed by atoms with Crippen LogP contribution in [-0.2, 0) is 0 Å². The van der Waals surface area contributed by atoms with E-state index in [0.717, 1.165) is 22.7 Å². The Morgan fingerprint density at radius 2 is 0.299 bits per heavy atom. The van der Waals surface area contributed by atoms with E-state index in [1.54, 1.807) is 0 Å². The molecule has 22 rings (SSSR count). The van der Waals surface area contributed by atoms with Gasteiger partial charge in [-0.1, -0.05) is 261 Å². The van der Waals surface area contributed by atoms with Crippen molar-refractivity contribution in [3.8, 4) is 84.1 Å². The van der Waals surface area contributed by atoms with Crippen LogP contribution >= 0.6 is 0 Å². The zero-order valence-electron chi connectivity index (χ0n) is 58.4. The first-order chi connectivity index (χ1) is 53.1. The molecule has 0 atom stereocenters. The Labute approximate surface area is 618 Å². The third-order valence-electron chi connectivity index (χ3n) is 21.9. The average Bonchev–Trinajstić information content (AvgIpc) is 1.59. The molecule has 0 saturated carbocycles. The standard InChI is InChI=1S/C54H35N3.C48H32N2/c1-3-14-36(15-4-1)37-16-13-19-41(32-37)56-50-24-11-7-20-43(50)46-33-38(26-29-52(46)56)39-27-30-53-47(34-39)44-21-8-12-25-51(44)57(53)42-28-31-54-48(35-42)45-22-9-10-23-49(45)55(54)40-17-5-2-6-18-40;1-3-12-33(13-4-1)35-22-26-39(27-23-35)49-45-20-9-7-18-41(45)43-31-37(24-28-47(43)49)38-25-29-48-44(32-38)42-19-8-10-21-46(42)50(48)40-17-11-16-36(30-40)34-14-5-2-6-15-34/h1-35H;1-32H. The molecule has 17 aromatic carbocycles. The summed E-state index contributed by atoms with van der Waals surface area (Å²) in [5.74, 6) is 0. The SMILES string of the molecule is c1ccc(-c2ccc(-n3c4ccccc4c4cc(-c5ccc6c(c5)c5ccccc5n6-c5cccc(-c6ccccc6)c5)ccc43)cc2)cc1.c1ccc(-c2cccc(-n3c4ccccc4c4cc(-c5ccc6c(c5)c5ccccc5n6-c5ccc6c(c5)c5ccccc5n6-c5ccccc5)ccc43)c2)cc1. The van der Waals surface area contributed by atoms with E-state index >= 15 is 0 Å². The van der Waals surface area contributed by atoms with Crippen LogP contribution in [0.4, 0.5) is 0 Å². The maximum absolute atomic E-state index is 2.43. The van der Waals surface area contributed by atoms with E-state index in [2.05, 4.69) is 429 Å². The average molecular weight is 1360 g/mol. The van der Waals surface area contributed by atoms with Gasteiger partial charge in [-0.3, -0.25) is 0 Å². The number of rotatable bonds is 10. The van der Waals surface area contributed by atoms with Gasteiger partial charge in [-0.15, -0.1) is 0 Å². The van der Waals surface area contributed by atoms with E-state index in [1.165, 1.54) is 170 Å². The van der Waals surface area contributed by atoms with Gasteiger partial charge in [0.05, 0.1) is 55.2 Å². The predicted octanol–water partition coefficient (Wildman–Crippen LogP) is 27.2. The Bertz CT molecular complexity index is 7210. The lowest BCUT2D eigenvalue weighted by Gasteiger charge is -2.11. The highest BCUT2D eigenvalue weighted by Gasteiger charge is 2.21. The first-order valence-electron chi connectivity index (χ1n) is 36.8. The quantitative estimate of drug-likeness (QED) is 0.130. The lowest BCUT2D eigenvalue weighted by molar-refractivity contribution is 1.17. The molecule has 0 unspecified atom stereocenters. The minimum absolute atomic E-state index is 1.16. The molecule has 0 fully saturated rings. The maximum Gasteiger partial charge on any atom is 0.0542 e. The van der Waals surface area contributed by atoms with Crippen molar-refractivity contribution < 1.29 is 0 Å². The van der Waals surface area contributed by atoms with Crippen molar-refractivity contribution in [2.75, 3.05) is 0 Å². The molecule has 5 heteroatoms. The molecule has 5 aromatic heterocycles. The summed E-state index contributed by atoms with van der Waals surface area (Å²) >= 11 is 0. The number of hydrogen-bond acceptors (Lipinski definition) is 0. The third kappa shape index (κ3) is 10.3. The number of aromatic nitrogens is 5. The van der Waals surface area contributed by atoms with E-state index in [-0.39, 0.29) is 0 Å². The second-order valence-electron chi connectivity index (χ2n) is 28.0. The Balaban J connectivity index is 0.000000138. The van der Waals surface area contributed by atoms with Crippen molar-refractivity contribution in [3.05, 3.63) is 406 Å². The predicted molar refractivity (Wildman–Crippen MR) is 452 cm³/mol. The molecule has 0 saturated heterocycles. The van der Waals surface area contributed by atoms with Crippen LogP contribution in [0.15, 0.2) is 406 Å². The van der Waals surface area contributed by atoms with Crippen LogP contribution in [0.25, 0.3) is 193 Å². The molecule has 0 radical (unpaired) electrons. The minimum atomic E-state index is 1.16. The number of para-hydroxylation sites is 6. The summed E-state index contributed by atoms with van der Waals surface area (Å²) in [4.78, 5) is 0. The Morgan fingerprint density at radius 3 is 0.645 bits per heavy atom. The van der Waals surface area contributed by atoms with Gasteiger partial charge in [0.2, 0.25) is 0 Å². The molecule has 107 heavy (non-hydrogen) atoms. The van der Waals surface area contributed by atoms with Crippen LogP contribution in [0.1, 0.15) is 0 Å². The van der Waals surface area contributed by atoms with Gasteiger partial charge in [0.25, 0.3) is 0 Å². The van der Waals surface area contributed by atoms with Crippen molar-refractivity contribution >= 4 is 109 Å². The van der Waals surface area contributed by atoms with E-state index in [4.69, 9.17) is 0 Å². The fourth-order valence-corrected chi connectivity index (χ4v) is 17.0. The molecule has 0 aliphatic rings. The normalized spacial score (nSPS) is 11.7. The van der Waals surface area contributed by atoms with E-state index < -0.39 is 0 Å². The first kappa shape index (κ1) is 61.4. The summed E-state index contributed by atoms with van der Waals surface area (Å²) in [7, 11) is 0. The van der Waals surface area contributed by atoms with Crippen LogP contribution in [0.3, 0.4) is 0 Å². The summed E-state index contributed by atoms with van der Waals surface area (Å²) in [5, 5.41) is 12.5. The van der Waals surface area contributed by atoms with E-state index in [0.29, 0.717) is 0 Å². The number of benzene rings is 17. The van der Waals surface area contributed by atoms with Crippen LogP contribution < -0.4 is 0 Å². The number of hydrogen-bond donors (Lipinski definition) is 0. The molecule has 0 N–H and O–H groups in total. The van der Waals surface area contributed by atoms with Gasteiger partial charge >= 0.3 is 0 Å². The third-order valence-corrected chi connectivity index (χ3v) is 21.9. The first-order valence-corrected chi connectivity index (χ1v) is 36.8. The highest BCUT2D eigenvalue weighted by atomic mass is 15.0. The molecule has 5 heterocycles. The van der Waals surface area contributed by atoms with Crippen molar-refractivity contribution in [2.24, 2.45) is 0 Å². The van der Waals surface area contributed by atoms with Gasteiger partial charge in [-0.2, -0.15) is 0 Å². The summed E-state index contributed by atoms with van der Waals surface area (Å²) < 4.78 is 12.0. The molecule has 500 valence electrons. The fourth-order valence-electron chi connectivity index (χ4n) is 17.0. The van der Waals surface area contributed by atoms with Gasteiger partial charge < -0.3 is 22.8 Å². The van der Waals surface area contributed by atoms with Gasteiger partial charge in [0.15, 0.2) is 0 Å². The van der Waals surface area contributed by atoms with Crippen molar-refractivity contribution in [1.82, 2.24) is 22.8 Å². The lowest BCUT2D eigenvalue weighted by atomic mass is 10.0. The molecular formula is C102H67N5. The molecule has 0 aliphatic heterocycles. The zero-order valence-corrected chi connectivity index (χ0v) is 58.4. The Morgan fingerprint density at radius 1 is 0.103 bits per heavy atom. The molecule has 0 spiro atoms. The lowest BCUT2D eigenvalue weighted by Crippen LogP contribution is -1.95.